The Morgan fingerprint density at radius 2 is 1.90 bits per heavy atom. The number of halogens is 1. The first-order valence-corrected chi connectivity index (χ1v) is 11.5. The van der Waals surface area contributed by atoms with Crippen molar-refractivity contribution in [3.8, 4) is 5.75 Å². The number of ether oxygens (including phenoxy) is 1. The minimum Gasteiger partial charge on any atom is -0.488 e. The third kappa shape index (κ3) is 3.67. The fourth-order valence-electron chi connectivity index (χ4n) is 4.05. The van der Waals surface area contributed by atoms with Gasteiger partial charge in [-0.15, -0.1) is 11.3 Å². The van der Waals surface area contributed by atoms with Crippen LogP contribution in [0.3, 0.4) is 0 Å². The standard InChI is InChI=1S/C23H21BrN2O2S/c24-15-10-11-18(28-13-14-6-2-1-3-7-14)17(12-15)21-25-22(27)20-16-8-4-5-9-19(16)29-23(20)26-21/h1-3,6-7,10-12,21,26H,4-5,8-9,13H2,(H,25,27). The largest absolute Gasteiger partial charge is 0.488 e. The van der Waals surface area contributed by atoms with Crippen LogP contribution in [-0.2, 0) is 19.4 Å². The summed E-state index contributed by atoms with van der Waals surface area (Å²) in [5, 5.41) is 7.68. The summed E-state index contributed by atoms with van der Waals surface area (Å²) in [5.41, 5.74) is 4.12. The van der Waals surface area contributed by atoms with Crippen molar-refractivity contribution in [3.05, 3.63) is 80.1 Å². The zero-order chi connectivity index (χ0) is 19.8. The molecule has 0 saturated carbocycles. The maximum absolute atomic E-state index is 13.0. The average Bonchev–Trinajstić information content (AvgIpc) is 3.12. The number of hydrogen-bond acceptors (Lipinski definition) is 4. The summed E-state index contributed by atoms with van der Waals surface area (Å²) >= 11 is 5.29. The highest BCUT2D eigenvalue weighted by atomic mass is 79.9. The molecule has 0 spiro atoms. The van der Waals surface area contributed by atoms with E-state index in [0.717, 1.165) is 51.2 Å². The van der Waals surface area contributed by atoms with Gasteiger partial charge in [0.05, 0.1) is 5.56 Å². The van der Waals surface area contributed by atoms with Crippen molar-refractivity contribution in [1.82, 2.24) is 5.32 Å². The number of aryl methyl sites for hydroxylation is 1. The van der Waals surface area contributed by atoms with E-state index in [9.17, 15) is 4.79 Å². The molecule has 0 bridgehead atoms. The Bertz CT molecular complexity index is 1060. The Morgan fingerprint density at radius 3 is 2.76 bits per heavy atom. The number of nitrogens with one attached hydrogen (secondary N) is 2. The number of carbonyl (C=O) groups is 1. The van der Waals surface area contributed by atoms with Crippen molar-refractivity contribution in [2.45, 2.75) is 38.5 Å². The molecule has 5 rings (SSSR count). The fourth-order valence-corrected chi connectivity index (χ4v) is 5.74. The van der Waals surface area contributed by atoms with Crippen LogP contribution in [0.15, 0.2) is 53.0 Å². The van der Waals surface area contributed by atoms with Crippen LogP contribution in [0.5, 0.6) is 5.75 Å². The highest BCUT2D eigenvalue weighted by molar-refractivity contribution is 9.10. The lowest BCUT2D eigenvalue weighted by molar-refractivity contribution is 0.0934. The topological polar surface area (TPSA) is 50.4 Å². The molecule has 1 amide bonds. The number of anilines is 1. The zero-order valence-electron chi connectivity index (χ0n) is 15.8. The molecular weight excluding hydrogens is 448 g/mol. The molecule has 0 fully saturated rings. The first-order valence-electron chi connectivity index (χ1n) is 9.87. The lowest BCUT2D eigenvalue weighted by Crippen LogP contribution is -2.38. The summed E-state index contributed by atoms with van der Waals surface area (Å²) in [6.07, 6.45) is 4.13. The SMILES string of the molecule is O=C1NC(c2cc(Br)ccc2OCc2ccccc2)Nc2sc3c(c21)CCCC3. The van der Waals surface area contributed by atoms with Crippen molar-refractivity contribution < 1.29 is 9.53 Å². The lowest BCUT2D eigenvalue weighted by atomic mass is 9.94. The number of carbonyl (C=O) groups excluding carboxylic acids is 1. The van der Waals surface area contributed by atoms with E-state index < -0.39 is 0 Å². The van der Waals surface area contributed by atoms with Gasteiger partial charge < -0.3 is 15.4 Å². The number of fused-ring (bicyclic) bond motifs is 3. The van der Waals surface area contributed by atoms with E-state index in [0.29, 0.717) is 6.61 Å². The van der Waals surface area contributed by atoms with Gasteiger partial charge in [-0.1, -0.05) is 46.3 Å². The van der Waals surface area contributed by atoms with Crippen molar-refractivity contribution >= 4 is 38.2 Å². The van der Waals surface area contributed by atoms with Gasteiger partial charge in [0, 0.05) is 14.9 Å². The normalized spacial score (nSPS) is 17.7. The van der Waals surface area contributed by atoms with Gasteiger partial charge in [0.2, 0.25) is 0 Å². The monoisotopic (exact) mass is 468 g/mol. The van der Waals surface area contributed by atoms with Crippen LogP contribution in [0, 0.1) is 0 Å². The fraction of sp³-hybridized carbons (Fsp3) is 0.261. The van der Waals surface area contributed by atoms with Gasteiger partial charge in [-0.3, -0.25) is 4.79 Å². The van der Waals surface area contributed by atoms with Crippen LogP contribution in [0.25, 0.3) is 0 Å². The Kier molecular flexibility index (Phi) is 5.06. The minimum absolute atomic E-state index is 0.0112. The third-order valence-corrected chi connectivity index (χ3v) is 7.19. The molecule has 1 aliphatic carbocycles. The first kappa shape index (κ1) is 18.7. The van der Waals surface area contributed by atoms with E-state index in [2.05, 4.69) is 26.6 Å². The second-order valence-corrected chi connectivity index (χ2v) is 9.44. The zero-order valence-corrected chi connectivity index (χ0v) is 18.2. The molecule has 1 atom stereocenters. The highest BCUT2D eigenvalue weighted by Crippen LogP contribution is 2.42. The van der Waals surface area contributed by atoms with E-state index in [-0.39, 0.29) is 12.1 Å². The summed E-state index contributed by atoms with van der Waals surface area (Å²) < 4.78 is 7.08. The smallest absolute Gasteiger partial charge is 0.256 e. The molecule has 1 aliphatic heterocycles. The van der Waals surface area contributed by atoms with E-state index in [4.69, 9.17) is 4.74 Å². The van der Waals surface area contributed by atoms with Crippen molar-refractivity contribution in [3.63, 3.8) is 0 Å². The first-order chi connectivity index (χ1) is 14.2. The second kappa shape index (κ2) is 7.84. The maximum atomic E-state index is 13.0. The Morgan fingerprint density at radius 1 is 1.07 bits per heavy atom. The molecule has 2 N–H and O–H groups in total. The third-order valence-electron chi connectivity index (χ3n) is 5.47. The molecule has 0 saturated heterocycles. The molecule has 0 radical (unpaired) electrons. The van der Waals surface area contributed by atoms with Crippen LogP contribution in [0.2, 0.25) is 0 Å². The van der Waals surface area contributed by atoms with E-state index in [1.807, 2.05) is 48.5 Å². The molecule has 148 valence electrons. The van der Waals surface area contributed by atoms with Crippen LogP contribution in [-0.4, -0.2) is 5.91 Å². The Balaban J connectivity index is 1.44. The predicted octanol–water partition coefficient (Wildman–Crippen LogP) is 5.82. The molecule has 29 heavy (non-hydrogen) atoms. The van der Waals surface area contributed by atoms with Crippen molar-refractivity contribution in [2.75, 3.05) is 5.32 Å². The number of rotatable bonds is 4. The summed E-state index contributed by atoms with van der Waals surface area (Å²) in [6, 6.07) is 16.0. The molecule has 2 aromatic carbocycles. The van der Waals surface area contributed by atoms with Crippen molar-refractivity contribution in [2.24, 2.45) is 0 Å². The maximum Gasteiger partial charge on any atom is 0.256 e. The second-order valence-electron chi connectivity index (χ2n) is 7.42. The molecular formula is C23H21BrN2O2S. The molecule has 2 heterocycles. The lowest BCUT2D eigenvalue weighted by Gasteiger charge is -2.28. The number of benzene rings is 2. The molecule has 2 aliphatic rings. The minimum atomic E-state index is -0.321. The van der Waals surface area contributed by atoms with Gasteiger partial charge in [-0.25, -0.2) is 0 Å². The van der Waals surface area contributed by atoms with Gasteiger partial charge in [-0.05, 0) is 55.0 Å². The molecule has 6 heteroatoms. The predicted molar refractivity (Wildman–Crippen MR) is 120 cm³/mol. The van der Waals surface area contributed by atoms with E-state index >= 15 is 0 Å². The molecule has 3 aromatic rings. The van der Waals surface area contributed by atoms with Gasteiger partial charge >= 0.3 is 0 Å². The van der Waals surface area contributed by atoms with Crippen molar-refractivity contribution in [1.29, 1.82) is 0 Å². The van der Waals surface area contributed by atoms with Gasteiger partial charge in [0.25, 0.3) is 5.91 Å². The van der Waals surface area contributed by atoms with Crippen LogP contribution >= 0.6 is 27.3 Å². The number of hydrogen-bond donors (Lipinski definition) is 2. The summed E-state index contributed by atoms with van der Waals surface area (Å²) in [4.78, 5) is 14.3. The number of amides is 1. The van der Waals surface area contributed by atoms with Gasteiger partial charge in [0.15, 0.2) is 0 Å². The quantitative estimate of drug-likeness (QED) is 0.506. The van der Waals surface area contributed by atoms with Gasteiger partial charge in [0.1, 0.15) is 23.5 Å². The summed E-state index contributed by atoms with van der Waals surface area (Å²) in [5.74, 6) is 0.775. The molecule has 4 nitrogen and oxygen atoms in total. The highest BCUT2D eigenvalue weighted by Gasteiger charge is 2.33. The van der Waals surface area contributed by atoms with Gasteiger partial charge in [-0.2, -0.15) is 0 Å². The van der Waals surface area contributed by atoms with Crippen LogP contribution < -0.4 is 15.4 Å². The van der Waals surface area contributed by atoms with Crippen LogP contribution in [0.4, 0.5) is 5.00 Å². The molecule has 1 unspecified atom stereocenters. The number of thiophene rings is 1. The summed E-state index contributed by atoms with van der Waals surface area (Å²) in [7, 11) is 0. The van der Waals surface area contributed by atoms with E-state index in [1.165, 1.54) is 16.9 Å². The average molecular weight is 469 g/mol. The van der Waals surface area contributed by atoms with E-state index in [1.54, 1.807) is 11.3 Å². The summed E-state index contributed by atoms with van der Waals surface area (Å²) in [6.45, 7) is 0.481. The van der Waals surface area contributed by atoms with Crippen LogP contribution in [0.1, 0.15) is 50.9 Å². The molecule has 1 aromatic heterocycles. The Hall–Kier alpha value is -2.31. The Labute approximate surface area is 182 Å².